The molecule has 0 spiro atoms. The van der Waals surface area contributed by atoms with Crippen molar-refractivity contribution in [2.45, 2.75) is 6.92 Å². The molecule has 0 atom stereocenters. The summed E-state index contributed by atoms with van der Waals surface area (Å²) < 4.78 is 1.90. The Morgan fingerprint density at radius 3 is 2.50 bits per heavy atom. The number of pyridine rings is 1. The van der Waals surface area contributed by atoms with Gasteiger partial charge in [0.05, 0.1) is 11.5 Å². The fourth-order valence-corrected chi connectivity index (χ4v) is 1.57. The molecular formula is C11H12NO2+. The summed E-state index contributed by atoms with van der Waals surface area (Å²) in [6.45, 7) is 1.97. The summed E-state index contributed by atoms with van der Waals surface area (Å²) in [5.41, 5.74) is 1.98. The van der Waals surface area contributed by atoms with Crippen LogP contribution in [0.5, 0.6) is 11.5 Å². The number of aromatic nitrogens is 1. The third kappa shape index (κ3) is 1.18. The summed E-state index contributed by atoms with van der Waals surface area (Å²) in [5, 5.41) is 19.7. The predicted octanol–water partition coefficient (Wildman–Crippen LogP) is 1.38. The molecule has 0 fully saturated rings. The monoisotopic (exact) mass is 190 g/mol. The first-order valence-corrected chi connectivity index (χ1v) is 4.40. The van der Waals surface area contributed by atoms with Crippen molar-refractivity contribution >= 4 is 10.9 Å². The third-order valence-corrected chi connectivity index (χ3v) is 2.45. The second-order valence-electron chi connectivity index (χ2n) is 3.47. The third-order valence-electron chi connectivity index (χ3n) is 2.45. The molecular weight excluding hydrogens is 178 g/mol. The molecule has 3 heteroatoms. The van der Waals surface area contributed by atoms with E-state index in [2.05, 4.69) is 0 Å². The Morgan fingerprint density at radius 2 is 1.79 bits per heavy atom. The molecule has 0 aliphatic rings. The highest BCUT2D eigenvalue weighted by molar-refractivity contribution is 5.82. The number of phenolic OH excluding ortho intramolecular Hbond substituents is 2. The molecule has 0 radical (unpaired) electrons. The van der Waals surface area contributed by atoms with Gasteiger partial charge in [-0.2, -0.15) is 0 Å². The molecule has 1 heterocycles. The first-order chi connectivity index (χ1) is 6.59. The number of nitrogens with zero attached hydrogens (tertiary/aromatic N) is 1. The fraction of sp³-hybridized carbons (Fsp3) is 0.182. The van der Waals surface area contributed by atoms with E-state index in [1.54, 1.807) is 12.1 Å². The maximum Gasteiger partial charge on any atom is 0.216 e. The van der Waals surface area contributed by atoms with Crippen LogP contribution in [0, 0.1) is 6.92 Å². The Morgan fingerprint density at radius 1 is 1.14 bits per heavy atom. The minimum absolute atomic E-state index is 0.0770. The van der Waals surface area contributed by atoms with Gasteiger partial charge in [-0.15, -0.1) is 0 Å². The molecule has 72 valence electrons. The van der Waals surface area contributed by atoms with Gasteiger partial charge in [0.15, 0.2) is 17.7 Å². The van der Waals surface area contributed by atoms with Crippen LogP contribution in [0.3, 0.4) is 0 Å². The van der Waals surface area contributed by atoms with Crippen molar-refractivity contribution in [3.05, 3.63) is 30.0 Å². The van der Waals surface area contributed by atoms with Gasteiger partial charge in [0, 0.05) is 6.07 Å². The van der Waals surface area contributed by atoms with E-state index in [4.69, 9.17) is 0 Å². The smallest absolute Gasteiger partial charge is 0.216 e. The van der Waals surface area contributed by atoms with Gasteiger partial charge in [0.25, 0.3) is 0 Å². The quantitative estimate of drug-likeness (QED) is 0.487. The van der Waals surface area contributed by atoms with Crippen molar-refractivity contribution in [1.29, 1.82) is 0 Å². The molecule has 1 aromatic heterocycles. The van der Waals surface area contributed by atoms with Gasteiger partial charge in [-0.05, 0) is 18.6 Å². The molecule has 14 heavy (non-hydrogen) atoms. The second-order valence-corrected chi connectivity index (χ2v) is 3.47. The zero-order valence-electron chi connectivity index (χ0n) is 8.15. The molecule has 0 saturated heterocycles. The summed E-state index contributed by atoms with van der Waals surface area (Å²) in [6, 6.07) is 5.12. The topological polar surface area (TPSA) is 44.3 Å². The van der Waals surface area contributed by atoms with Gasteiger partial charge in [0.1, 0.15) is 7.05 Å². The molecule has 2 aromatic rings. The zero-order chi connectivity index (χ0) is 10.3. The summed E-state index contributed by atoms with van der Waals surface area (Å²) in [6.07, 6.45) is 1.92. The van der Waals surface area contributed by atoms with Crippen molar-refractivity contribution in [2.75, 3.05) is 0 Å². The molecule has 0 amide bonds. The van der Waals surface area contributed by atoms with E-state index < -0.39 is 0 Å². The average Bonchev–Trinajstić information content (AvgIpc) is 2.15. The minimum atomic E-state index is -0.0845. The van der Waals surface area contributed by atoms with Crippen molar-refractivity contribution in [1.82, 2.24) is 0 Å². The Kier molecular flexibility index (Phi) is 1.81. The van der Waals surface area contributed by atoms with Gasteiger partial charge in [-0.25, -0.2) is 4.57 Å². The number of benzene rings is 1. The Labute approximate surface area is 81.9 Å². The van der Waals surface area contributed by atoms with Crippen LogP contribution in [-0.4, -0.2) is 10.2 Å². The van der Waals surface area contributed by atoms with Crippen LogP contribution in [-0.2, 0) is 7.05 Å². The molecule has 0 saturated carbocycles. The number of hydrogen-bond donors (Lipinski definition) is 2. The summed E-state index contributed by atoms with van der Waals surface area (Å²) >= 11 is 0. The lowest BCUT2D eigenvalue weighted by Gasteiger charge is -2.02. The number of hydrogen-bond acceptors (Lipinski definition) is 2. The fourth-order valence-electron chi connectivity index (χ4n) is 1.57. The van der Waals surface area contributed by atoms with E-state index in [0.29, 0.717) is 0 Å². The number of fused-ring (bicyclic) bond motifs is 1. The molecule has 2 N–H and O–H groups in total. The lowest BCUT2D eigenvalue weighted by Crippen LogP contribution is -2.28. The van der Waals surface area contributed by atoms with Gasteiger partial charge in [0.2, 0.25) is 5.52 Å². The summed E-state index contributed by atoms with van der Waals surface area (Å²) in [4.78, 5) is 0. The van der Waals surface area contributed by atoms with E-state index in [1.807, 2.05) is 30.8 Å². The molecule has 0 aliphatic heterocycles. The number of rotatable bonds is 0. The van der Waals surface area contributed by atoms with E-state index in [0.717, 1.165) is 16.5 Å². The molecule has 0 aliphatic carbocycles. The van der Waals surface area contributed by atoms with E-state index in [1.165, 1.54) is 0 Å². The van der Waals surface area contributed by atoms with Crippen LogP contribution in [0.4, 0.5) is 0 Å². The predicted molar refractivity (Wildman–Crippen MR) is 53.2 cm³/mol. The number of phenols is 2. The van der Waals surface area contributed by atoms with Crippen LogP contribution < -0.4 is 4.57 Å². The highest BCUT2D eigenvalue weighted by Gasteiger charge is 2.11. The lowest BCUT2D eigenvalue weighted by atomic mass is 10.1. The maximum atomic E-state index is 9.37. The molecule has 0 unspecified atom stereocenters. The van der Waals surface area contributed by atoms with Crippen LogP contribution in [0.2, 0.25) is 0 Å². The standard InChI is InChI=1S/C11H11NO2/c1-7-3-4-12(2)9-6-11(14)10(13)5-8(7)9/h3-6,13H,1-2H3/p+1. The van der Waals surface area contributed by atoms with Crippen molar-refractivity contribution in [3.63, 3.8) is 0 Å². The van der Waals surface area contributed by atoms with Crippen molar-refractivity contribution in [2.24, 2.45) is 7.05 Å². The van der Waals surface area contributed by atoms with Gasteiger partial charge >= 0.3 is 0 Å². The summed E-state index contributed by atoms with van der Waals surface area (Å²) in [5.74, 6) is -0.162. The summed E-state index contributed by atoms with van der Waals surface area (Å²) in [7, 11) is 1.90. The SMILES string of the molecule is Cc1cc[n+](C)c2cc(O)c(O)cc12. The Hall–Kier alpha value is -1.77. The van der Waals surface area contributed by atoms with Crippen LogP contribution in [0.25, 0.3) is 10.9 Å². The molecule has 1 aromatic carbocycles. The van der Waals surface area contributed by atoms with E-state index >= 15 is 0 Å². The van der Waals surface area contributed by atoms with Gasteiger partial charge in [-0.3, -0.25) is 0 Å². The second kappa shape index (κ2) is 2.87. The first-order valence-electron chi connectivity index (χ1n) is 4.40. The van der Waals surface area contributed by atoms with Gasteiger partial charge in [-0.1, -0.05) is 0 Å². The highest BCUT2D eigenvalue weighted by atomic mass is 16.3. The van der Waals surface area contributed by atoms with Gasteiger partial charge < -0.3 is 10.2 Å². The van der Waals surface area contributed by atoms with Crippen LogP contribution in [0.1, 0.15) is 5.56 Å². The zero-order valence-corrected chi connectivity index (χ0v) is 8.15. The lowest BCUT2D eigenvalue weighted by molar-refractivity contribution is -0.644. The molecule has 0 bridgehead atoms. The molecule has 2 rings (SSSR count). The van der Waals surface area contributed by atoms with Crippen LogP contribution >= 0.6 is 0 Å². The normalized spacial score (nSPS) is 10.7. The van der Waals surface area contributed by atoms with Crippen molar-refractivity contribution in [3.8, 4) is 11.5 Å². The Bertz CT molecular complexity index is 460. The first kappa shape index (κ1) is 8.81. The number of aryl methyl sites for hydroxylation is 2. The van der Waals surface area contributed by atoms with E-state index in [-0.39, 0.29) is 11.5 Å². The highest BCUT2D eigenvalue weighted by Crippen LogP contribution is 2.29. The van der Waals surface area contributed by atoms with E-state index in [9.17, 15) is 10.2 Å². The number of aromatic hydroxyl groups is 2. The average molecular weight is 190 g/mol. The van der Waals surface area contributed by atoms with Crippen LogP contribution in [0.15, 0.2) is 24.4 Å². The van der Waals surface area contributed by atoms with Crippen molar-refractivity contribution < 1.29 is 14.8 Å². The maximum absolute atomic E-state index is 9.37. The molecule has 3 nitrogen and oxygen atoms in total. The largest absolute Gasteiger partial charge is 0.504 e. The Balaban J connectivity index is 2.94. The minimum Gasteiger partial charge on any atom is -0.504 e.